The molecule has 0 unspecified atom stereocenters. The summed E-state index contributed by atoms with van der Waals surface area (Å²) in [6.45, 7) is 12.0. The third-order valence-corrected chi connectivity index (χ3v) is 2.44. The molecule has 15 heavy (non-hydrogen) atoms. The van der Waals surface area contributed by atoms with Crippen molar-refractivity contribution in [2.45, 2.75) is 41.5 Å². The first-order valence-corrected chi connectivity index (χ1v) is 6.39. The summed E-state index contributed by atoms with van der Waals surface area (Å²) in [5.41, 5.74) is 4.07. The van der Waals surface area contributed by atoms with Gasteiger partial charge in [-0.1, -0.05) is 27.7 Å². The van der Waals surface area contributed by atoms with E-state index in [1.165, 1.54) is 0 Å². The van der Waals surface area contributed by atoms with Crippen LogP contribution in [0.5, 0.6) is 0 Å². The lowest BCUT2D eigenvalue weighted by molar-refractivity contribution is 1.11. The molecule has 2 nitrogen and oxygen atoms in total. The van der Waals surface area contributed by atoms with Gasteiger partial charge in [0, 0.05) is 10.8 Å². The van der Waals surface area contributed by atoms with Gasteiger partial charge < -0.3 is 0 Å². The van der Waals surface area contributed by atoms with Crippen molar-refractivity contribution in [3.8, 4) is 0 Å². The summed E-state index contributed by atoms with van der Waals surface area (Å²) >= 11 is 1.65. The normalized spacial score (nSPS) is 8.67. The van der Waals surface area contributed by atoms with Gasteiger partial charge >= 0.3 is 0 Å². The molecule has 2 aromatic rings. The topological polar surface area (TPSA) is 25.8 Å². The zero-order valence-corrected chi connectivity index (χ0v) is 11.3. The molecule has 0 spiro atoms. The van der Waals surface area contributed by atoms with Crippen molar-refractivity contribution in [2.24, 2.45) is 0 Å². The van der Waals surface area contributed by atoms with E-state index in [0.717, 1.165) is 22.4 Å². The molecule has 0 aliphatic carbocycles. The predicted molar refractivity (Wildman–Crippen MR) is 69.6 cm³/mol. The van der Waals surface area contributed by atoms with E-state index in [1.807, 2.05) is 52.3 Å². The molecule has 0 saturated carbocycles. The largest absolute Gasteiger partial charge is 0.249 e. The zero-order valence-electron chi connectivity index (χ0n) is 10.5. The fraction of sp³-hybridized carbons (Fsp3) is 0.500. The Hall–Kier alpha value is -0.960. The van der Waals surface area contributed by atoms with E-state index in [1.54, 1.807) is 11.3 Å². The van der Waals surface area contributed by atoms with Gasteiger partial charge in [-0.15, -0.1) is 11.3 Å². The molecule has 0 radical (unpaired) electrons. The van der Waals surface area contributed by atoms with Crippen molar-refractivity contribution in [1.29, 1.82) is 0 Å². The summed E-state index contributed by atoms with van der Waals surface area (Å²) in [7, 11) is 0. The van der Waals surface area contributed by atoms with Gasteiger partial charge in [0.15, 0.2) is 0 Å². The molecule has 0 bridgehead atoms. The molecule has 0 aliphatic rings. The zero-order chi connectivity index (χ0) is 11.8. The number of aryl methyl sites for hydroxylation is 2. The van der Waals surface area contributed by atoms with Gasteiger partial charge in [-0.3, -0.25) is 0 Å². The van der Waals surface area contributed by atoms with Gasteiger partial charge in [0.05, 0.1) is 22.4 Å². The molecule has 2 heterocycles. The Morgan fingerprint density at radius 3 is 1.47 bits per heavy atom. The number of hydrogen-bond donors (Lipinski definition) is 0. The first-order valence-electron chi connectivity index (χ1n) is 5.44. The second-order valence-corrected chi connectivity index (χ2v) is 3.28. The first kappa shape index (κ1) is 14.0. The molecular weight excluding hydrogens is 204 g/mol. The summed E-state index contributed by atoms with van der Waals surface area (Å²) < 4.78 is 0. The predicted octanol–water partition coefficient (Wildman–Crippen LogP) is 4.36. The van der Waals surface area contributed by atoms with Crippen molar-refractivity contribution >= 4 is 22.4 Å². The van der Waals surface area contributed by atoms with Crippen molar-refractivity contribution in [1.82, 2.24) is 9.97 Å². The third-order valence-electron chi connectivity index (χ3n) is 1.72. The van der Waals surface area contributed by atoms with Crippen LogP contribution in [-0.2, 0) is 0 Å². The van der Waals surface area contributed by atoms with Gasteiger partial charge in [0.1, 0.15) is 0 Å². The number of hydrogen-bond acceptors (Lipinski definition) is 3. The lowest BCUT2D eigenvalue weighted by atomic mass is 10.3. The summed E-state index contributed by atoms with van der Waals surface area (Å²) in [4.78, 5) is 8.77. The minimum Gasteiger partial charge on any atom is -0.249 e. The quantitative estimate of drug-likeness (QED) is 0.664. The molecule has 0 N–H and O–H groups in total. The molecule has 3 heteroatoms. The van der Waals surface area contributed by atoms with Crippen LogP contribution < -0.4 is 0 Å². The summed E-state index contributed by atoms with van der Waals surface area (Å²) in [5, 5.41) is 4.05. The average molecular weight is 224 g/mol. The molecule has 0 saturated heterocycles. The standard InChI is InChI=1S/C8H8N2S.2C2H6/c1-5-6(2)10-8-4-11-3-7(8)9-5;2*1-2/h3-4H,1-2H3;2*1-2H3. The monoisotopic (exact) mass is 224 g/mol. The van der Waals surface area contributed by atoms with E-state index >= 15 is 0 Å². The maximum absolute atomic E-state index is 4.38. The first-order chi connectivity index (χ1) is 7.27. The molecule has 0 fully saturated rings. The molecule has 2 aromatic heterocycles. The van der Waals surface area contributed by atoms with Crippen LogP contribution in [0.15, 0.2) is 10.8 Å². The van der Waals surface area contributed by atoms with Crippen LogP contribution in [-0.4, -0.2) is 9.97 Å². The molecule has 0 aromatic carbocycles. The molecule has 0 amide bonds. The fourth-order valence-corrected chi connectivity index (χ4v) is 1.65. The van der Waals surface area contributed by atoms with E-state index in [-0.39, 0.29) is 0 Å². The van der Waals surface area contributed by atoms with Crippen molar-refractivity contribution in [2.75, 3.05) is 0 Å². The third kappa shape index (κ3) is 3.59. The van der Waals surface area contributed by atoms with Gasteiger partial charge in [-0.2, -0.15) is 0 Å². The summed E-state index contributed by atoms with van der Waals surface area (Å²) in [5.74, 6) is 0. The second-order valence-electron chi connectivity index (χ2n) is 2.54. The van der Waals surface area contributed by atoms with Crippen molar-refractivity contribution in [3.05, 3.63) is 22.1 Å². The smallest absolute Gasteiger partial charge is 0.0997 e. The van der Waals surface area contributed by atoms with Crippen LogP contribution in [0, 0.1) is 13.8 Å². The number of thiophene rings is 1. The summed E-state index contributed by atoms with van der Waals surface area (Å²) in [6, 6.07) is 0. The Morgan fingerprint density at radius 1 is 0.800 bits per heavy atom. The number of aromatic nitrogens is 2. The van der Waals surface area contributed by atoms with Gasteiger partial charge in [0.25, 0.3) is 0 Å². The van der Waals surface area contributed by atoms with E-state index in [9.17, 15) is 0 Å². The van der Waals surface area contributed by atoms with Crippen molar-refractivity contribution < 1.29 is 0 Å². The van der Waals surface area contributed by atoms with Crippen molar-refractivity contribution in [3.63, 3.8) is 0 Å². The lowest BCUT2D eigenvalue weighted by Crippen LogP contribution is -1.89. The lowest BCUT2D eigenvalue weighted by Gasteiger charge is -1.96. The highest BCUT2D eigenvalue weighted by molar-refractivity contribution is 7.09. The van der Waals surface area contributed by atoms with Crippen LogP contribution in [0.4, 0.5) is 0 Å². The van der Waals surface area contributed by atoms with Gasteiger partial charge in [-0.25, -0.2) is 9.97 Å². The van der Waals surface area contributed by atoms with E-state index in [4.69, 9.17) is 0 Å². The van der Waals surface area contributed by atoms with E-state index in [2.05, 4.69) is 9.97 Å². The highest BCUT2D eigenvalue weighted by atomic mass is 32.1. The van der Waals surface area contributed by atoms with Crippen LogP contribution in [0.2, 0.25) is 0 Å². The summed E-state index contributed by atoms with van der Waals surface area (Å²) in [6.07, 6.45) is 0. The second kappa shape index (κ2) is 7.35. The molecule has 0 aliphatic heterocycles. The SMILES string of the molecule is CC.CC.Cc1nc2cscc2nc1C. The van der Waals surface area contributed by atoms with Gasteiger partial charge in [-0.05, 0) is 13.8 Å². The Balaban J connectivity index is 0.000000442. The molecule has 0 atom stereocenters. The maximum Gasteiger partial charge on any atom is 0.0997 e. The van der Waals surface area contributed by atoms with Gasteiger partial charge in [0.2, 0.25) is 0 Å². The van der Waals surface area contributed by atoms with Crippen LogP contribution in [0.3, 0.4) is 0 Å². The Kier molecular flexibility index (Phi) is 6.88. The van der Waals surface area contributed by atoms with Crippen LogP contribution in [0.25, 0.3) is 11.0 Å². The Bertz CT molecular complexity index is 357. The minimum absolute atomic E-state index is 1.01. The molecule has 84 valence electrons. The van der Waals surface area contributed by atoms with E-state index < -0.39 is 0 Å². The van der Waals surface area contributed by atoms with Crippen LogP contribution >= 0.6 is 11.3 Å². The highest BCUT2D eigenvalue weighted by Crippen LogP contribution is 2.15. The number of rotatable bonds is 0. The Labute approximate surface area is 96.4 Å². The van der Waals surface area contributed by atoms with E-state index in [0.29, 0.717) is 0 Å². The average Bonchev–Trinajstić information content (AvgIpc) is 2.72. The molecule has 2 rings (SSSR count). The fourth-order valence-electron chi connectivity index (χ4n) is 0.974. The maximum atomic E-state index is 4.38. The van der Waals surface area contributed by atoms with Crippen LogP contribution in [0.1, 0.15) is 39.1 Å². The number of fused-ring (bicyclic) bond motifs is 1. The molecular formula is C12H20N2S. The highest BCUT2D eigenvalue weighted by Gasteiger charge is 2.00. The number of nitrogens with zero attached hydrogens (tertiary/aromatic N) is 2. The Morgan fingerprint density at radius 2 is 1.13 bits per heavy atom. The minimum atomic E-state index is 1.01.